The van der Waals surface area contributed by atoms with E-state index in [4.69, 9.17) is 0 Å². The topological polar surface area (TPSA) is 73.9 Å². The van der Waals surface area contributed by atoms with Crippen molar-refractivity contribution in [2.45, 2.75) is 38.5 Å². The predicted molar refractivity (Wildman–Crippen MR) is 100 cm³/mol. The highest BCUT2D eigenvalue weighted by Gasteiger charge is 2.28. The van der Waals surface area contributed by atoms with Crippen LogP contribution in [0.15, 0.2) is 24.3 Å². The van der Waals surface area contributed by atoms with E-state index in [9.17, 15) is 18.4 Å². The third-order valence-electron chi connectivity index (χ3n) is 4.99. The summed E-state index contributed by atoms with van der Waals surface area (Å²) in [5.41, 5.74) is 0.522. The van der Waals surface area contributed by atoms with Gasteiger partial charge in [-0.25, -0.2) is 0 Å². The van der Waals surface area contributed by atoms with Gasteiger partial charge in [0.05, 0.1) is 12.6 Å². The maximum atomic E-state index is 12.5. The second kappa shape index (κ2) is 9.29. The number of nitrogens with one attached hydrogen (secondary N) is 2. The molecule has 1 aromatic carbocycles. The largest absolute Gasteiger partial charge is 0.435 e. The molecule has 2 aliphatic rings. The molecule has 1 unspecified atom stereocenters. The van der Waals surface area contributed by atoms with Crippen molar-refractivity contribution in [3.8, 4) is 5.75 Å². The van der Waals surface area contributed by atoms with Gasteiger partial charge in [-0.05, 0) is 44.0 Å². The van der Waals surface area contributed by atoms with Crippen molar-refractivity contribution < 1.29 is 23.1 Å². The van der Waals surface area contributed by atoms with Crippen molar-refractivity contribution in [1.29, 1.82) is 0 Å². The fourth-order valence-electron chi connectivity index (χ4n) is 3.15. The standard InChI is InChI=1S/C19H26F2N4O3/c1-13(18(27)23-15-4-6-16(7-5-15)28-19(20)21)25-10-8-24(9-11-25)12-17(26)22-14-2-3-14/h4-7,13-14,19H,2-3,8-12H2,1H3,(H,22,26)(H,23,27). The van der Waals surface area contributed by atoms with E-state index in [2.05, 4.69) is 25.2 Å². The van der Waals surface area contributed by atoms with Gasteiger partial charge in [0.1, 0.15) is 5.75 Å². The van der Waals surface area contributed by atoms with Crippen LogP contribution >= 0.6 is 0 Å². The minimum atomic E-state index is -2.88. The third kappa shape index (κ3) is 6.13. The van der Waals surface area contributed by atoms with Crippen molar-refractivity contribution in [2.75, 3.05) is 38.0 Å². The zero-order chi connectivity index (χ0) is 20.1. The predicted octanol–water partition coefficient (Wildman–Crippen LogP) is 1.51. The number of carbonyl (C=O) groups excluding carboxylic acids is 2. The van der Waals surface area contributed by atoms with Crippen LogP contribution in [0.1, 0.15) is 19.8 Å². The normalized spacial score (nSPS) is 19.3. The van der Waals surface area contributed by atoms with Gasteiger partial charge in [0.25, 0.3) is 0 Å². The van der Waals surface area contributed by atoms with Gasteiger partial charge in [0.15, 0.2) is 0 Å². The maximum Gasteiger partial charge on any atom is 0.387 e. The SMILES string of the molecule is CC(C(=O)Nc1ccc(OC(F)F)cc1)N1CCN(CC(=O)NC2CC2)CC1. The van der Waals surface area contributed by atoms with Crippen LogP contribution in [-0.2, 0) is 9.59 Å². The van der Waals surface area contributed by atoms with Crippen LogP contribution in [0.5, 0.6) is 5.75 Å². The molecule has 1 atom stereocenters. The zero-order valence-electron chi connectivity index (χ0n) is 15.9. The van der Waals surface area contributed by atoms with E-state index < -0.39 is 6.61 Å². The number of anilines is 1. The lowest BCUT2D eigenvalue weighted by atomic mass is 10.2. The van der Waals surface area contributed by atoms with Crippen molar-refractivity contribution in [3.63, 3.8) is 0 Å². The summed E-state index contributed by atoms with van der Waals surface area (Å²) in [5, 5.41) is 5.78. The zero-order valence-corrected chi connectivity index (χ0v) is 15.9. The number of piperazine rings is 1. The average molecular weight is 396 g/mol. The molecule has 2 N–H and O–H groups in total. The molecule has 0 radical (unpaired) electrons. The number of benzene rings is 1. The summed E-state index contributed by atoms with van der Waals surface area (Å²) in [6.45, 7) is 2.22. The summed E-state index contributed by atoms with van der Waals surface area (Å²) < 4.78 is 28.6. The Hall–Kier alpha value is -2.26. The summed E-state index contributed by atoms with van der Waals surface area (Å²) in [5.74, 6) is -0.0497. The molecule has 2 fully saturated rings. The molecule has 1 aromatic rings. The van der Waals surface area contributed by atoms with Crippen LogP contribution in [0, 0.1) is 0 Å². The fourth-order valence-corrected chi connectivity index (χ4v) is 3.15. The quantitative estimate of drug-likeness (QED) is 0.697. The number of halogens is 2. The maximum absolute atomic E-state index is 12.5. The molecule has 1 saturated carbocycles. The van der Waals surface area contributed by atoms with E-state index in [0.717, 1.165) is 25.9 Å². The van der Waals surface area contributed by atoms with Gasteiger partial charge < -0.3 is 15.4 Å². The molecule has 154 valence electrons. The van der Waals surface area contributed by atoms with Crippen LogP contribution in [-0.4, -0.2) is 73.0 Å². The second-order valence-electron chi connectivity index (χ2n) is 7.22. The Morgan fingerprint density at radius 3 is 2.36 bits per heavy atom. The van der Waals surface area contributed by atoms with Crippen molar-refractivity contribution in [3.05, 3.63) is 24.3 Å². The lowest BCUT2D eigenvalue weighted by Crippen LogP contribution is -2.54. The van der Waals surface area contributed by atoms with Crippen molar-refractivity contribution >= 4 is 17.5 Å². The number of hydrogen-bond acceptors (Lipinski definition) is 5. The molecule has 7 nitrogen and oxygen atoms in total. The van der Waals surface area contributed by atoms with Gasteiger partial charge in [-0.1, -0.05) is 0 Å². The minimum Gasteiger partial charge on any atom is -0.435 e. The average Bonchev–Trinajstić information content (AvgIpc) is 3.46. The number of amides is 2. The summed E-state index contributed by atoms with van der Waals surface area (Å²) in [6, 6.07) is 5.86. The Labute approximate surface area is 163 Å². The Bertz CT molecular complexity index is 674. The minimum absolute atomic E-state index is 0.0443. The van der Waals surface area contributed by atoms with E-state index in [-0.39, 0.29) is 23.6 Å². The number of hydrogen-bond donors (Lipinski definition) is 2. The molecular formula is C19H26F2N4O3. The van der Waals surface area contributed by atoms with Gasteiger partial charge in [-0.2, -0.15) is 8.78 Å². The molecule has 1 saturated heterocycles. The number of carbonyl (C=O) groups is 2. The van der Waals surface area contributed by atoms with Crippen LogP contribution in [0.3, 0.4) is 0 Å². The molecule has 2 amide bonds. The van der Waals surface area contributed by atoms with Gasteiger partial charge >= 0.3 is 6.61 Å². The van der Waals surface area contributed by atoms with E-state index in [1.165, 1.54) is 24.3 Å². The number of alkyl halides is 2. The Kier molecular flexibility index (Phi) is 6.79. The Morgan fingerprint density at radius 2 is 1.79 bits per heavy atom. The van der Waals surface area contributed by atoms with Crippen molar-refractivity contribution in [1.82, 2.24) is 15.1 Å². The van der Waals surface area contributed by atoms with E-state index in [0.29, 0.717) is 31.4 Å². The van der Waals surface area contributed by atoms with Crippen molar-refractivity contribution in [2.24, 2.45) is 0 Å². The van der Waals surface area contributed by atoms with Crippen LogP contribution < -0.4 is 15.4 Å². The molecule has 1 aliphatic carbocycles. The highest BCUT2D eigenvalue weighted by Crippen LogP contribution is 2.19. The summed E-state index contributed by atoms with van der Waals surface area (Å²) >= 11 is 0. The molecule has 1 heterocycles. The van der Waals surface area contributed by atoms with Gasteiger partial charge in [0.2, 0.25) is 11.8 Å². The van der Waals surface area contributed by atoms with E-state index in [1.807, 2.05) is 6.92 Å². The van der Waals surface area contributed by atoms with Crippen LogP contribution in [0.25, 0.3) is 0 Å². The highest BCUT2D eigenvalue weighted by molar-refractivity contribution is 5.94. The van der Waals surface area contributed by atoms with Crippen LogP contribution in [0.4, 0.5) is 14.5 Å². The first-order valence-electron chi connectivity index (χ1n) is 9.52. The molecule has 0 spiro atoms. The third-order valence-corrected chi connectivity index (χ3v) is 4.99. The molecule has 0 aromatic heterocycles. The molecular weight excluding hydrogens is 370 g/mol. The first kappa shape index (κ1) is 20.5. The number of rotatable bonds is 8. The number of ether oxygens (including phenoxy) is 1. The summed E-state index contributed by atoms with van der Waals surface area (Å²) in [4.78, 5) is 28.5. The molecule has 28 heavy (non-hydrogen) atoms. The summed E-state index contributed by atoms with van der Waals surface area (Å²) in [7, 11) is 0. The fraction of sp³-hybridized carbons (Fsp3) is 0.579. The Morgan fingerprint density at radius 1 is 1.14 bits per heavy atom. The molecule has 1 aliphatic heterocycles. The highest BCUT2D eigenvalue weighted by atomic mass is 19.3. The van der Waals surface area contributed by atoms with Crippen LogP contribution in [0.2, 0.25) is 0 Å². The van der Waals surface area contributed by atoms with Gasteiger partial charge in [-0.3, -0.25) is 19.4 Å². The first-order chi connectivity index (χ1) is 13.4. The number of nitrogens with zero attached hydrogens (tertiary/aromatic N) is 2. The van der Waals surface area contributed by atoms with Gasteiger partial charge in [-0.15, -0.1) is 0 Å². The molecule has 0 bridgehead atoms. The van der Waals surface area contributed by atoms with E-state index in [1.54, 1.807) is 0 Å². The first-order valence-corrected chi connectivity index (χ1v) is 9.52. The smallest absolute Gasteiger partial charge is 0.387 e. The lowest BCUT2D eigenvalue weighted by molar-refractivity contribution is -0.124. The lowest BCUT2D eigenvalue weighted by Gasteiger charge is -2.37. The molecule has 9 heteroatoms. The second-order valence-corrected chi connectivity index (χ2v) is 7.22. The van der Waals surface area contributed by atoms with E-state index >= 15 is 0 Å². The molecule has 3 rings (SSSR count). The van der Waals surface area contributed by atoms with Gasteiger partial charge in [0, 0.05) is 37.9 Å². The summed E-state index contributed by atoms with van der Waals surface area (Å²) in [6.07, 6.45) is 2.15. The monoisotopic (exact) mass is 396 g/mol. The Balaban J connectivity index is 1.41.